The maximum absolute atomic E-state index is 3.14. The third-order valence-corrected chi connectivity index (χ3v) is 5.06. The molecular formula is C14H27P. The van der Waals surface area contributed by atoms with E-state index >= 15 is 0 Å². The first kappa shape index (κ1) is 11.9. The highest BCUT2D eigenvalue weighted by atomic mass is 31.0. The van der Waals surface area contributed by atoms with Gasteiger partial charge in [0.2, 0.25) is 0 Å². The van der Waals surface area contributed by atoms with Gasteiger partial charge in [0.25, 0.3) is 0 Å². The Balaban J connectivity index is 2.07. The summed E-state index contributed by atoms with van der Waals surface area (Å²) in [6.07, 6.45) is 12.0. The van der Waals surface area contributed by atoms with Crippen LogP contribution in [-0.2, 0) is 0 Å². The fourth-order valence-electron chi connectivity index (χ4n) is 4.23. The van der Waals surface area contributed by atoms with Crippen LogP contribution in [0.25, 0.3) is 0 Å². The Hall–Kier alpha value is 0.430. The van der Waals surface area contributed by atoms with E-state index in [0.717, 1.165) is 17.8 Å². The molecule has 0 saturated heterocycles. The van der Waals surface area contributed by atoms with Crippen LogP contribution in [0.15, 0.2) is 0 Å². The molecule has 0 aromatic heterocycles. The zero-order chi connectivity index (χ0) is 10.9. The van der Waals surface area contributed by atoms with Crippen molar-refractivity contribution in [1.29, 1.82) is 0 Å². The summed E-state index contributed by atoms with van der Waals surface area (Å²) >= 11 is 0. The van der Waals surface area contributed by atoms with Gasteiger partial charge in [0.15, 0.2) is 0 Å². The Morgan fingerprint density at radius 1 is 0.867 bits per heavy atom. The lowest BCUT2D eigenvalue weighted by Crippen LogP contribution is -2.35. The molecule has 0 aromatic carbocycles. The monoisotopic (exact) mass is 226 g/mol. The van der Waals surface area contributed by atoms with Crippen molar-refractivity contribution in [3.63, 3.8) is 0 Å². The van der Waals surface area contributed by atoms with E-state index in [2.05, 4.69) is 23.1 Å². The van der Waals surface area contributed by atoms with Crippen LogP contribution in [0.5, 0.6) is 0 Å². The van der Waals surface area contributed by atoms with Crippen LogP contribution < -0.4 is 0 Å². The molecule has 0 amide bonds. The van der Waals surface area contributed by atoms with Gasteiger partial charge >= 0.3 is 0 Å². The highest BCUT2D eigenvalue weighted by Crippen LogP contribution is 2.49. The average molecular weight is 226 g/mol. The first-order valence-electron chi connectivity index (χ1n) is 6.88. The predicted molar refractivity (Wildman–Crippen MR) is 71.2 cm³/mol. The summed E-state index contributed by atoms with van der Waals surface area (Å²) in [5.74, 6) is 3.06. The molecule has 2 rings (SSSR count). The molecule has 0 aromatic rings. The smallest absolute Gasteiger partial charge is 0.0173 e. The third kappa shape index (κ3) is 2.76. The number of hydrogen-bond donors (Lipinski definition) is 0. The minimum Gasteiger partial charge on any atom is -0.131 e. The van der Waals surface area contributed by atoms with Crippen LogP contribution >= 0.6 is 9.24 Å². The Labute approximate surface area is 97.8 Å². The Kier molecular flexibility index (Phi) is 3.76. The second kappa shape index (κ2) is 4.74. The van der Waals surface area contributed by atoms with Crippen LogP contribution in [0, 0.1) is 17.8 Å². The maximum Gasteiger partial charge on any atom is -0.0173 e. The molecule has 0 bridgehead atoms. The summed E-state index contributed by atoms with van der Waals surface area (Å²) < 4.78 is 0. The van der Waals surface area contributed by atoms with E-state index in [4.69, 9.17) is 0 Å². The van der Waals surface area contributed by atoms with Crippen molar-refractivity contribution in [2.45, 2.75) is 70.4 Å². The van der Waals surface area contributed by atoms with Gasteiger partial charge < -0.3 is 0 Å². The van der Waals surface area contributed by atoms with Crippen LogP contribution in [0.3, 0.4) is 0 Å². The zero-order valence-electron chi connectivity index (χ0n) is 10.5. The molecule has 0 radical (unpaired) electrons. The molecule has 0 nitrogen and oxygen atoms in total. The van der Waals surface area contributed by atoms with E-state index < -0.39 is 0 Å². The van der Waals surface area contributed by atoms with E-state index in [1.807, 2.05) is 0 Å². The minimum absolute atomic E-state index is 0.462. The van der Waals surface area contributed by atoms with Crippen LogP contribution in [0.2, 0.25) is 0 Å². The van der Waals surface area contributed by atoms with Crippen molar-refractivity contribution in [1.82, 2.24) is 0 Å². The summed E-state index contributed by atoms with van der Waals surface area (Å²) in [5, 5.41) is 0.462. The molecule has 1 atom stereocenters. The lowest BCUT2D eigenvalue weighted by Gasteiger charge is -2.40. The summed E-state index contributed by atoms with van der Waals surface area (Å²) in [5.41, 5.74) is 0. The average Bonchev–Trinajstić information content (AvgIpc) is 2.73. The van der Waals surface area contributed by atoms with E-state index in [-0.39, 0.29) is 0 Å². The van der Waals surface area contributed by atoms with Gasteiger partial charge in [-0.05, 0) is 22.9 Å². The molecule has 15 heavy (non-hydrogen) atoms. The molecule has 2 saturated carbocycles. The van der Waals surface area contributed by atoms with Crippen LogP contribution in [0.1, 0.15) is 65.2 Å². The zero-order valence-corrected chi connectivity index (χ0v) is 11.6. The van der Waals surface area contributed by atoms with Crippen molar-refractivity contribution in [2.24, 2.45) is 17.8 Å². The molecule has 0 N–H and O–H groups in total. The van der Waals surface area contributed by atoms with Gasteiger partial charge in [-0.25, -0.2) is 0 Å². The highest BCUT2D eigenvalue weighted by molar-refractivity contribution is 7.18. The lowest BCUT2D eigenvalue weighted by atomic mass is 9.72. The van der Waals surface area contributed by atoms with Crippen molar-refractivity contribution in [2.75, 3.05) is 0 Å². The molecule has 1 heteroatoms. The molecule has 0 spiro atoms. The van der Waals surface area contributed by atoms with Crippen LogP contribution in [0.4, 0.5) is 0 Å². The Morgan fingerprint density at radius 2 is 1.20 bits per heavy atom. The quantitative estimate of drug-likeness (QED) is 0.615. The van der Waals surface area contributed by atoms with Crippen molar-refractivity contribution >= 4 is 9.24 Å². The second-order valence-corrected chi connectivity index (χ2v) is 7.92. The van der Waals surface area contributed by atoms with Crippen molar-refractivity contribution in [3.8, 4) is 0 Å². The van der Waals surface area contributed by atoms with Gasteiger partial charge in [0.05, 0.1) is 0 Å². The fourth-order valence-corrected chi connectivity index (χ4v) is 4.78. The maximum atomic E-state index is 3.14. The first-order valence-corrected chi connectivity index (χ1v) is 7.45. The minimum atomic E-state index is 0.462. The summed E-state index contributed by atoms with van der Waals surface area (Å²) in [7, 11) is 3.14. The molecule has 2 aliphatic carbocycles. The molecular weight excluding hydrogens is 199 g/mol. The fraction of sp³-hybridized carbons (Fsp3) is 1.00. The van der Waals surface area contributed by atoms with E-state index in [1.54, 1.807) is 0 Å². The third-order valence-electron chi connectivity index (χ3n) is 4.67. The largest absolute Gasteiger partial charge is 0.131 e. The van der Waals surface area contributed by atoms with Gasteiger partial charge in [0, 0.05) is 0 Å². The van der Waals surface area contributed by atoms with Crippen molar-refractivity contribution < 1.29 is 0 Å². The van der Waals surface area contributed by atoms with Gasteiger partial charge in [-0.1, -0.05) is 65.2 Å². The second-order valence-electron chi connectivity index (χ2n) is 6.44. The lowest BCUT2D eigenvalue weighted by molar-refractivity contribution is 0.188. The molecule has 2 fully saturated rings. The highest BCUT2D eigenvalue weighted by Gasteiger charge is 2.39. The normalized spacial score (nSPS) is 25.6. The standard InChI is InChI=1S/C14H27P/c1-14(2,15)13(11-7-3-4-8-11)12-9-5-6-10-12/h11-13H,3-10,15H2,1-2H3. The topological polar surface area (TPSA) is 0 Å². The molecule has 0 heterocycles. The van der Waals surface area contributed by atoms with Gasteiger partial charge in [-0.15, -0.1) is 9.24 Å². The SMILES string of the molecule is CC(C)(P)C(C1CCCC1)C1CCCC1. The first-order chi connectivity index (χ1) is 7.09. The predicted octanol–water partition coefficient (Wildman–Crippen LogP) is 4.64. The summed E-state index contributed by atoms with van der Waals surface area (Å²) in [4.78, 5) is 0. The summed E-state index contributed by atoms with van der Waals surface area (Å²) in [6, 6.07) is 0. The summed E-state index contributed by atoms with van der Waals surface area (Å²) in [6.45, 7) is 4.89. The molecule has 0 aliphatic heterocycles. The van der Waals surface area contributed by atoms with E-state index in [1.165, 1.54) is 51.4 Å². The van der Waals surface area contributed by atoms with Gasteiger partial charge in [0.1, 0.15) is 0 Å². The Bertz CT molecular complexity index is 176. The number of rotatable bonds is 3. The molecule has 2 aliphatic rings. The van der Waals surface area contributed by atoms with E-state index in [9.17, 15) is 0 Å². The Morgan fingerprint density at radius 3 is 1.47 bits per heavy atom. The molecule has 1 unspecified atom stereocenters. The molecule has 88 valence electrons. The van der Waals surface area contributed by atoms with Gasteiger partial charge in [-0.2, -0.15) is 0 Å². The van der Waals surface area contributed by atoms with Crippen LogP contribution in [-0.4, -0.2) is 5.16 Å². The van der Waals surface area contributed by atoms with E-state index in [0.29, 0.717) is 5.16 Å². The van der Waals surface area contributed by atoms with Crippen molar-refractivity contribution in [3.05, 3.63) is 0 Å². The number of hydrogen-bond acceptors (Lipinski definition) is 0. The van der Waals surface area contributed by atoms with Gasteiger partial charge in [-0.3, -0.25) is 0 Å².